The van der Waals surface area contributed by atoms with Crippen LogP contribution in [0.5, 0.6) is 5.75 Å². The fourth-order valence-corrected chi connectivity index (χ4v) is 4.16. The number of aliphatic imine (C=N–C) groups is 1. The van der Waals surface area contributed by atoms with Crippen LogP contribution in [-0.2, 0) is 11.3 Å². The second kappa shape index (κ2) is 6.81. The molecule has 24 heavy (non-hydrogen) atoms. The van der Waals surface area contributed by atoms with Crippen molar-refractivity contribution in [2.75, 3.05) is 20.8 Å². The smallest absolute Gasteiger partial charge is 0.191 e. The molecule has 3 atom stereocenters. The molecule has 1 aromatic carbocycles. The van der Waals surface area contributed by atoms with Crippen LogP contribution in [-0.4, -0.2) is 38.9 Å². The van der Waals surface area contributed by atoms with E-state index in [9.17, 15) is 0 Å². The first kappa shape index (κ1) is 17.4. The van der Waals surface area contributed by atoms with E-state index in [4.69, 9.17) is 21.1 Å². The topological polar surface area (TPSA) is 54.9 Å². The number of nitrogens with zero attached hydrogens (tertiary/aromatic N) is 1. The normalized spacial score (nSPS) is 28.0. The number of hydrogen-bond donors (Lipinski definition) is 2. The van der Waals surface area contributed by atoms with Crippen LogP contribution in [0.1, 0.15) is 25.8 Å². The summed E-state index contributed by atoms with van der Waals surface area (Å²) >= 11 is 6.02. The molecule has 6 heteroatoms. The van der Waals surface area contributed by atoms with Gasteiger partial charge in [-0.25, -0.2) is 0 Å². The van der Waals surface area contributed by atoms with Crippen LogP contribution in [0.3, 0.4) is 0 Å². The minimum Gasteiger partial charge on any atom is -0.496 e. The Morgan fingerprint density at radius 1 is 1.46 bits per heavy atom. The van der Waals surface area contributed by atoms with Gasteiger partial charge < -0.3 is 20.1 Å². The van der Waals surface area contributed by atoms with Crippen molar-refractivity contribution in [1.82, 2.24) is 10.6 Å². The molecule has 1 saturated heterocycles. The predicted octanol–water partition coefficient (Wildman–Crippen LogP) is 2.83. The van der Waals surface area contributed by atoms with Crippen LogP contribution in [0.4, 0.5) is 0 Å². The van der Waals surface area contributed by atoms with Crippen LogP contribution in [0.15, 0.2) is 23.2 Å². The van der Waals surface area contributed by atoms with Gasteiger partial charge in [-0.05, 0) is 18.6 Å². The SMILES string of the molecule is CN=C(NCc1ccc(Cl)cc1OC)NC1C2CCOC2C1(C)C. The van der Waals surface area contributed by atoms with Gasteiger partial charge in [0.25, 0.3) is 0 Å². The molecule has 0 radical (unpaired) electrons. The lowest BCUT2D eigenvalue weighted by Crippen LogP contribution is -2.67. The Kier molecular flexibility index (Phi) is 4.92. The van der Waals surface area contributed by atoms with Gasteiger partial charge in [-0.3, -0.25) is 4.99 Å². The lowest BCUT2D eigenvalue weighted by molar-refractivity contribution is -0.106. The summed E-state index contributed by atoms with van der Waals surface area (Å²) in [7, 11) is 3.45. The second-order valence-corrected chi connectivity index (χ2v) is 7.51. The number of methoxy groups -OCH3 is 1. The lowest BCUT2D eigenvalue weighted by Gasteiger charge is -2.54. The highest BCUT2D eigenvalue weighted by atomic mass is 35.5. The number of hydrogen-bond acceptors (Lipinski definition) is 3. The van der Waals surface area contributed by atoms with E-state index in [1.807, 2.05) is 18.2 Å². The average Bonchev–Trinajstić information content (AvgIpc) is 3.02. The summed E-state index contributed by atoms with van der Waals surface area (Å²) in [4.78, 5) is 4.36. The van der Waals surface area contributed by atoms with E-state index in [-0.39, 0.29) is 5.41 Å². The van der Waals surface area contributed by atoms with Gasteiger partial charge in [-0.2, -0.15) is 0 Å². The van der Waals surface area contributed by atoms with E-state index in [1.165, 1.54) is 0 Å². The van der Waals surface area contributed by atoms with E-state index >= 15 is 0 Å². The summed E-state index contributed by atoms with van der Waals surface area (Å²) in [5.41, 5.74) is 1.16. The lowest BCUT2D eigenvalue weighted by atomic mass is 9.57. The molecule has 0 aromatic heterocycles. The highest BCUT2D eigenvalue weighted by Gasteiger charge is 2.59. The highest BCUT2D eigenvalue weighted by Crippen LogP contribution is 2.52. The van der Waals surface area contributed by atoms with Crippen molar-refractivity contribution in [3.05, 3.63) is 28.8 Å². The molecule has 0 amide bonds. The van der Waals surface area contributed by atoms with Gasteiger partial charge in [0.1, 0.15) is 5.75 Å². The van der Waals surface area contributed by atoms with Crippen molar-refractivity contribution in [3.8, 4) is 5.75 Å². The number of halogens is 1. The Bertz CT molecular complexity index is 633. The van der Waals surface area contributed by atoms with Crippen LogP contribution in [0, 0.1) is 11.3 Å². The largest absolute Gasteiger partial charge is 0.496 e. The molecule has 2 aliphatic rings. The fourth-order valence-electron chi connectivity index (χ4n) is 4.00. The molecule has 1 aliphatic carbocycles. The maximum Gasteiger partial charge on any atom is 0.191 e. The predicted molar refractivity (Wildman–Crippen MR) is 96.8 cm³/mol. The molecular weight excluding hydrogens is 326 g/mol. The summed E-state index contributed by atoms with van der Waals surface area (Å²) in [6, 6.07) is 6.04. The zero-order chi connectivity index (χ0) is 17.3. The van der Waals surface area contributed by atoms with Crippen LogP contribution < -0.4 is 15.4 Å². The van der Waals surface area contributed by atoms with Crippen molar-refractivity contribution in [1.29, 1.82) is 0 Å². The van der Waals surface area contributed by atoms with E-state index < -0.39 is 0 Å². The Balaban J connectivity index is 1.62. The van der Waals surface area contributed by atoms with Gasteiger partial charge in [0, 0.05) is 48.2 Å². The van der Waals surface area contributed by atoms with E-state index in [0.717, 1.165) is 30.3 Å². The zero-order valence-corrected chi connectivity index (χ0v) is 15.5. The first-order valence-corrected chi connectivity index (χ1v) is 8.76. The molecule has 3 unspecified atom stereocenters. The molecule has 1 aliphatic heterocycles. The van der Waals surface area contributed by atoms with E-state index in [2.05, 4.69) is 29.5 Å². The van der Waals surface area contributed by atoms with E-state index in [0.29, 0.717) is 29.6 Å². The van der Waals surface area contributed by atoms with Gasteiger partial charge in [-0.1, -0.05) is 31.5 Å². The molecule has 2 N–H and O–H groups in total. The number of nitrogens with one attached hydrogen (secondary N) is 2. The number of fused-ring (bicyclic) bond motifs is 1. The Labute approximate surface area is 148 Å². The Hall–Kier alpha value is -1.46. The zero-order valence-electron chi connectivity index (χ0n) is 14.7. The van der Waals surface area contributed by atoms with Gasteiger partial charge >= 0.3 is 0 Å². The number of guanidine groups is 1. The second-order valence-electron chi connectivity index (χ2n) is 7.07. The average molecular weight is 352 g/mol. The summed E-state index contributed by atoms with van der Waals surface area (Å²) < 4.78 is 11.2. The van der Waals surface area contributed by atoms with Crippen molar-refractivity contribution < 1.29 is 9.47 Å². The molecule has 1 aromatic rings. The third-order valence-corrected chi connectivity index (χ3v) is 5.55. The number of benzene rings is 1. The summed E-state index contributed by atoms with van der Waals surface area (Å²) in [6.07, 6.45) is 1.48. The quantitative estimate of drug-likeness (QED) is 0.647. The van der Waals surface area contributed by atoms with E-state index in [1.54, 1.807) is 14.2 Å². The van der Waals surface area contributed by atoms with Crippen LogP contribution in [0.2, 0.25) is 5.02 Å². The minimum absolute atomic E-state index is 0.122. The summed E-state index contributed by atoms with van der Waals surface area (Å²) in [5.74, 6) is 2.15. The standard InChI is InChI=1S/C18H26ClN3O2/c1-18(2)15(13-7-8-24-16(13)18)22-17(20-3)21-10-11-5-6-12(19)9-14(11)23-4/h5-6,9,13,15-16H,7-8,10H2,1-4H3,(H2,20,21,22). The molecule has 0 spiro atoms. The highest BCUT2D eigenvalue weighted by molar-refractivity contribution is 6.30. The Morgan fingerprint density at radius 2 is 2.25 bits per heavy atom. The van der Waals surface area contributed by atoms with Gasteiger partial charge in [0.05, 0.1) is 13.2 Å². The number of rotatable bonds is 4. The van der Waals surface area contributed by atoms with Crippen molar-refractivity contribution in [3.63, 3.8) is 0 Å². The molecule has 1 saturated carbocycles. The fraction of sp³-hybridized carbons (Fsp3) is 0.611. The maximum absolute atomic E-state index is 6.02. The van der Waals surface area contributed by atoms with Gasteiger partial charge in [0.2, 0.25) is 0 Å². The first-order valence-electron chi connectivity index (χ1n) is 8.38. The minimum atomic E-state index is 0.122. The van der Waals surface area contributed by atoms with Crippen molar-refractivity contribution in [2.45, 2.75) is 39.0 Å². The van der Waals surface area contributed by atoms with Crippen LogP contribution >= 0.6 is 11.6 Å². The molecular formula is C18H26ClN3O2. The summed E-state index contributed by atoms with van der Waals surface area (Å²) in [5, 5.41) is 7.62. The van der Waals surface area contributed by atoms with Crippen molar-refractivity contribution >= 4 is 17.6 Å². The molecule has 132 valence electrons. The van der Waals surface area contributed by atoms with Crippen LogP contribution in [0.25, 0.3) is 0 Å². The summed E-state index contributed by atoms with van der Waals surface area (Å²) in [6.45, 7) is 6.00. The molecule has 5 nitrogen and oxygen atoms in total. The van der Waals surface area contributed by atoms with Crippen molar-refractivity contribution in [2.24, 2.45) is 16.3 Å². The third-order valence-electron chi connectivity index (χ3n) is 5.31. The van der Waals surface area contributed by atoms with Gasteiger partial charge in [0.15, 0.2) is 5.96 Å². The molecule has 3 rings (SSSR count). The molecule has 0 bridgehead atoms. The number of ether oxygens (including phenoxy) is 2. The Morgan fingerprint density at radius 3 is 2.96 bits per heavy atom. The molecule has 1 heterocycles. The molecule has 2 fully saturated rings. The maximum atomic E-state index is 6.02. The monoisotopic (exact) mass is 351 g/mol. The first-order chi connectivity index (χ1) is 11.5. The van der Waals surface area contributed by atoms with Gasteiger partial charge in [-0.15, -0.1) is 0 Å². The third kappa shape index (κ3) is 3.07.